The molecule has 0 aliphatic heterocycles. The summed E-state index contributed by atoms with van der Waals surface area (Å²) < 4.78 is 9.72. The fourth-order valence-corrected chi connectivity index (χ4v) is 0.735. The molecule has 0 fully saturated rings. The normalized spacial score (nSPS) is 12.0. The third-order valence-electron chi connectivity index (χ3n) is 1.40. The van der Waals surface area contributed by atoms with Gasteiger partial charge in [-0.1, -0.05) is 0 Å². The smallest absolute Gasteiger partial charge is 0.428 e. The number of ether oxygens (including phenoxy) is 2. The molecule has 0 saturated carbocycles. The molecule has 0 saturated heterocycles. The monoisotopic (exact) mass is 229 g/mol. The summed E-state index contributed by atoms with van der Waals surface area (Å²) in [7, 11) is 3.22. The number of likely N-dealkylation sites (N-methyl/N-ethyl adjacent to an activating group) is 1. The molecule has 0 heterocycles. The van der Waals surface area contributed by atoms with Crippen LogP contribution >= 0.6 is 0 Å². The molecule has 0 atom stereocenters. The van der Waals surface area contributed by atoms with Gasteiger partial charge < -0.3 is 14.4 Å². The molecule has 0 bridgehead atoms. The quantitative estimate of drug-likeness (QED) is 0.412. The van der Waals surface area contributed by atoms with Gasteiger partial charge in [-0.05, 0) is 27.7 Å². The maximum Gasteiger partial charge on any atom is 0.514 e. The molecule has 0 spiro atoms. The second-order valence-electron chi connectivity index (χ2n) is 4.55. The predicted molar refractivity (Wildman–Crippen MR) is 59.8 cm³/mol. The van der Waals surface area contributed by atoms with Gasteiger partial charge in [-0.15, -0.1) is 0 Å². The lowest BCUT2D eigenvalue weighted by molar-refractivity contribution is -0.123. The number of hydrogen-bond acceptors (Lipinski definition) is 4. The lowest BCUT2D eigenvalue weighted by Crippen LogP contribution is -2.24. The first-order chi connectivity index (χ1) is 7.11. The van der Waals surface area contributed by atoms with Crippen LogP contribution in [-0.4, -0.2) is 36.7 Å². The van der Waals surface area contributed by atoms with E-state index in [2.05, 4.69) is 0 Å². The van der Waals surface area contributed by atoms with Crippen molar-refractivity contribution in [3.05, 3.63) is 11.8 Å². The molecular weight excluding hydrogens is 210 g/mol. The molecule has 0 radical (unpaired) electrons. The molecule has 5 nitrogen and oxygen atoms in total. The molecular formula is C11H19NO4. The van der Waals surface area contributed by atoms with Gasteiger partial charge in [0.2, 0.25) is 5.91 Å². The lowest BCUT2D eigenvalue weighted by atomic mass is 10.2. The van der Waals surface area contributed by atoms with Crippen LogP contribution in [0.15, 0.2) is 11.8 Å². The fourth-order valence-electron chi connectivity index (χ4n) is 0.735. The highest BCUT2D eigenvalue weighted by Crippen LogP contribution is 2.10. The Labute approximate surface area is 96.0 Å². The van der Waals surface area contributed by atoms with Crippen LogP contribution in [0.25, 0.3) is 0 Å². The summed E-state index contributed by atoms with van der Waals surface area (Å²) in [5, 5.41) is 0. The van der Waals surface area contributed by atoms with Crippen LogP contribution in [0.5, 0.6) is 0 Å². The number of nitrogens with zero attached hydrogens (tertiary/aromatic N) is 1. The summed E-state index contributed by atoms with van der Waals surface area (Å²) in [6.45, 7) is 6.72. The van der Waals surface area contributed by atoms with Gasteiger partial charge in [-0.2, -0.15) is 0 Å². The second-order valence-corrected chi connectivity index (χ2v) is 4.55. The lowest BCUT2D eigenvalue weighted by Gasteiger charge is -2.18. The van der Waals surface area contributed by atoms with Crippen LogP contribution in [0.1, 0.15) is 27.7 Å². The molecule has 0 aromatic rings. The molecule has 16 heavy (non-hydrogen) atoms. The van der Waals surface area contributed by atoms with Crippen LogP contribution in [0, 0.1) is 0 Å². The largest absolute Gasteiger partial charge is 0.514 e. The average Bonchev–Trinajstić information content (AvgIpc) is 1.98. The summed E-state index contributed by atoms with van der Waals surface area (Å²) in [4.78, 5) is 23.8. The zero-order valence-corrected chi connectivity index (χ0v) is 10.7. The molecule has 0 aliphatic carbocycles. The number of rotatable bonds is 2. The van der Waals surface area contributed by atoms with Crippen LogP contribution < -0.4 is 0 Å². The highest BCUT2D eigenvalue weighted by atomic mass is 16.7. The van der Waals surface area contributed by atoms with E-state index in [0.29, 0.717) is 0 Å². The highest BCUT2D eigenvalue weighted by molar-refractivity contribution is 5.87. The van der Waals surface area contributed by atoms with Crippen molar-refractivity contribution in [1.82, 2.24) is 4.90 Å². The van der Waals surface area contributed by atoms with Gasteiger partial charge in [-0.3, -0.25) is 4.79 Å². The number of carbonyl (C=O) groups is 2. The van der Waals surface area contributed by atoms with Crippen LogP contribution in [0.2, 0.25) is 0 Å². The topological polar surface area (TPSA) is 55.8 Å². The van der Waals surface area contributed by atoms with Crippen molar-refractivity contribution in [1.29, 1.82) is 0 Å². The highest BCUT2D eigenvalue weighted by Gasteiger charge is 2.18. The van der Waals surface area contributed by atoms with E-state index in [0.717, 1.165) is 0 Å². The van der Waals surface area contributed by atoms with E-state index >= 15 is 0 Å². The first kappa shape index (κ1) is 14.5. The maximum atomic E-state index is 11.2. The van der Waals surface area contributed by atoms with Crippen LogP contribution in [0.4, 0.5) is 4.79 Å². The number of amides is 1. The molecule has 0 aliphatic rings. The van der Waals surface area contributed by atoms with Crippen molar-refractivity contribution in [3.8, 4) is 0 Å². The van der Waals surface area contributed by atoms with E-state index < -0.39 is 11.8 Å². The maximum absolute atomic E-state index is 11.2. The zero-order chi connectivity index (χ0) is 12.9. The summed E-state index contributed by atoms with van der Waals surface area (Å²) in [6.07, 6.45) is 0.414. The van der Waals surface area contributed by atoms with Gasteiger partial charge in [0.1, 0.15) is 11.4 Å². The van der Waals surface area contributed by atoms with Crippen molar-refractivity contribution < 1.29 is 19.1 Å². The summed E-state index contributed by atoms with van der Waals surface area (Å²) in [6, 6.07) is 0. The molecule has 0 aromatic carbocycles. The van der Waals surface area contributed by atoms with Crippen LogP contribution in [-0.2, 0) is 14.3 Å². The van der Waals surface area contributed by atoms with Crippen molar-refractivity contribution in [2.45, 2.75) is 33.3 Å². The minimum Gasteiger partial charge on any atom is -0.428 e. The van der Waals surface area contributed by atoms with Gasteiger partial charge in [0.25, 0.3) is 0 Å². The molecule has 0 N–H and O–H groups in total. The Hall–Kier alpha value is -1.52. The summed E-state index contributed by atoms with van der Waals surface area (Å²) >= 11 is 0. The van der Waals surface area contributed by atoms with E-state index in [1.54, 1.807) is 34.9 Å². The third kappa shape index (κ3) is 6.86. The van der Waals surface area contributed by atoms with Gasteiger partial charge in [0.05, 0.1) is 0 Å². The Kier molecular flexibility index (Phi) is 5.01. The second kappa shape index (κ2) is 5.53. The standard InChI is InChI=1S/C11H19NO4/c1-8(7-9(13)12(5)6)15-10(14)16-11(2,3)4/h7H,1-6H3. The van der Waals surface area contributed by atoms with E-state index in [4.69, 9.17) is 9.47 Å². The fraction of sp³-hybridized carbons (Fsp3) is 0.636. The number of allylic oxidation sites excluding steroid dienone is 1. The molecule has 0 aromatic heterocycles. The van der Waals surface area contributed by atoms with E-state index in [-0.39, 0.29) is 11.7 Å². The third-order valence-corrected chi connectivity index (χ3v) is 1.40. The number of carbonyl (C=O) groups excluding carboxylic acids is 2. The van der Waals surface area contributed by atoms with Gasteiger partial charge in [0.15, 0.2) is 0 Å². The van der Waals surface area contributed by atoms with E-state index in [1.807, 2.05) is 0 Å². The van der Waals surface area contributed by atoms with Crippen molar-refractivity contribution >= 4 is 12.1 Å². The number of hydrogen-bond donors (Lipinski definition) is 0. The van der Waals surface area contributed by atoms with Gasteiger partial charge in [0, 0.05) is 20.2 Å². The zero-order valence-electron chi connectivity index (χ0n) is 10.7. The van der Waals surface area contributed by atoms with Crippen molar-refractivity contribution in [2.24, 2.45) is 0 Å². The Bertz CT molecular complexity index is 300. The summed E-state index contributed by atoms with van der Waals surface area (Å²) in [5.41, 5.74) is -0.608. The molecule has 5 heteroatoms. The predicted octanol–water partition coefficient (Wildman–Crippen LogP) is 1.93. The first-order valence-electron chi connectivity index (χ1n) is 4.92. The van der Waals surface area contributed by atoms with Crippen molar-refractivity contribution in [3.63, 3.8) is 0 Å². The average molecular weight is 229 g/mol. The van der Waals surface area contributed by atoms with Crippen molar-refractivity contribution in [2.75, 3.05) is 14.1 Å². The Morgan fingerprint density at radius 2 is 1.69 bits per heavy atom. The SMILES string of the molecule is CC(=CC(=O)N(C)C)OC(=O)OC(C)(C)C. The van der Waals surface area contributed by atoms with E-state index in [1.165, 1.54) is 17.9 Å². The Morgan fingerprint density at radius 3 is 2.06 bits per heavy atom. The van der Waals surface area contributed by atoms with Gasteiger partial charge >= 0.3 is 6.16 Å². The molecule has 0 unspecified atom stereocenters. The van der Waals surface area contributed by atoms with Crippen LogP contribution in [0.3, 0.4) is 0 Å². The molecule has 0 rings (SSSR count). The summed E-state index contributed by atoms with van der Waals surface area (Å²) in [5.74, 6) is -0.0472. The Morgan fingerprint density at radius 1 is 1.19 bits per heavy atom. The minimum absolute atomic E-state index is 0.202. The first-order valence-corrected chi connectivity index (χ1v) is 4.92. The molecule has 1 amide bonds. The Balaban J connectivity index is 4.30. The molecule has 92 valence electrons. The minimum atomic E-state index is -0.812. The van der Waals surface area contributed by atoms with E-state index in [9.17, 15) is 9.59 Å². The van der Waals surface area contributed by atoms with Gasteiger partial charge in [-0.25, -0.2) is 4.79 Å².